The molecule has 2 aromatic carbocycles. The first kappa shape index (κ1) is 38.5. The maximum Gasteiger partial charge on any atom is 0.344 e. The number of H-pyrrole nitrogens is 1. The van der Waals surface area contributed by atoms with E-state index in [4.69, 9.17) is 14.2 Å². The molecule has 3 aromatic heterocycles. The van der Waals surface area contributed by atoms with Crippen molar-refractivity contribution in [2.75, 3.05) is 58.1 Å². The molecule has 3 heterocycles. The van der Waals surface area contributed by atoms with Crippen LogP contribution >= 0.6 is 23.5 Å². The van der Waals surface area contributed by atoms with Gasteiger partial charge < -0.3 is 34.7 Å². The highest BCUT2D eigenvalue weighted by Gasteiger charge is 2.22. The van der Waals surface area contributed by atoms with Crippen molar-refractivity contribution < 1.29 is 19.0 Å². The molecule has 0 amide bonds. The SMILES string of the molecule is CCOC(=O)c1c(/C=C/N(C)C)nc(SC)nc1Nc1cc(C)cc(OC)c1.COc1cc(C)cc(Nc2nc(SC)nc3cc[nH]c(=O)c23)c1. The molecule has 0 unspecified atom stereocenters. The van der Waals surface area contributed by atoms with Crippen LogP contribution in [0.3, 0.4) is 0 Å². The van der Waals surface area contributed by atoms with E-state index in [9.17, 15) is 9.59 Å². The average Bonchev–Trinajstić information content (AvgIpc) is 3.10. The number of aryl methyl sites for hydroxylation is 2. The molecule has 0 saturated carbocycles. The number of hydrogen-bond donors (Lipinski definition) is 3. The van der Waals surface area contributed by atoms with Crippen LogP contribution < -0.4 is 25.7 Å². The number of fused-ring (bicyclic) bond motifs is 1. The second-order valence-corrected chi connectivity index (χ2v) is 12.7. The molecule has 0 atom stereocenters. The first-order chi connectivity index (χ1) is 24.5. The van der Waals surface area contributed by atoms with Gasteiger partial charge in [0.2, 0.25) is 0 Å². The molecule has 0 aliphatic carbocycles. The van der Waals surface area contributed by atoms with Crippen LogP contribution in [0.5, 0.6) is 11.5 Å². The Bertz CT molecular complexity index is 2090. The topological polar surface area (TPSA) is 156 Å². The summed E-state index contributed by atoms with van der Waals surface area (Å²) in [6, 6.07) is 13.2. The third kappa shape index (κ3) is 10.4. The molecule has 3 N–H and O–H groups in total. The Balaban J connectivity index is 0.000000233. The van der Waals surface area contributed by atoms with Gasteiger partial charge in [0.1, 0.15) is 34.1 Å². The predicted molar refractivity (Wildman–Crippen MR) is 206 cm³/mol. The molecule has 13 nitrogen and oxygen atoms in total. The number of nitrogens with one attached hydrogen (secondary N) is 3. The lowest BCUT2D eigenvalue weighted by Crippen LogP contribution is -2.14. The van der Waals surface area contributed by atoms with E-state index in [1.54, 1.807) is 39.5 Å². The van der Waals surface area contributed by atoms with E-state index < -0.39 is 5.97 Å². The van der Waals surface area contributed by atoms with Gasteiger partial charge in [-0.15, -0.1) is 0 Å². The van der Waals surface area contributed by atoms with Crippen LogP contribution in [-0.4, -0.2) is 83.2 Å². The van der Waals surface area contributed by atoms with Gasteiger partial charge in [-0.1, -0.05) is 23.5 Å². The van der Waals surface area contributed by atoms with E-state index in [2.05, 4.69) is 35.6 Å². The Hall–Kier alpha value is -5.28. The lowest BCUT2D eigenvalue weighted by molar-refractivity contribution is 0.0526. The van der Waals surface area contributed by atoms with Gasteiger partial charge in [-0.05, 0) is 80.8 Å². The van der Waals surface area contributed by atoms with Gasteiger partial charge in [0.15, 0.2) is 10.3 Å². The predicted octanol–water partition coefficient (Wildman–Crippen LogP) is 7.07. The number of ether oxygens (including phenoxy) is 3. The molecular weight excluding hydrogens is 689 g/mol. The smallest absolute Gasteiger partial charge is 0.344 e. The van der Waals surface area contributed by atoms with Crippen molar-refractivity contribution >= 4 is 69.5 Å². The number of hydrogen-bond acceptors (Lipinski definition) is 14. The molecule has 268 valence electrons. The quantitative estimate of drug-likeness (QED) is 0.0680. The second kappa shape index (κ2) is 18.1. The number of carbonyl (C=O) groups excluding carboxylic acids is 1. The fraction of sp³-hybridized carbons (Fsp3) is 0.278. The highest BCUT2D eigenvalue weighted by molar-refractivity contribution is 7.98. The molecule has 51 heavy (non-hydrogen) atoms. The number of esters is 1. The summed E-state index contributed by atoms with van der Waals surface area (Å²) >= 11 is 2.83. The molecule has 15 heteroatoms. The summed E-state index contributed by atoms with van der Waals surface area (Å²) in [4.78, 5) is 47.2. The highest BCUT2D eigenvalue weighted by Crippen LogP contribution is 2.29. The number of methoxy groups -OCH3 is 2. The van der Waals surface area contributed by atoms with Crippen molar-refractivity contribution in [1.82, 2.24) is 29.8 Å². The summed E-state index contributed by atoms with van der Waals surface area (Å²) < 4.78 is 15.9. The van der Waals surface area contributed by atoms with Gasteiger partial charge in [-0.25, -0.2) is 24.7 Å². The summed E-state index contributed by atoms with van der Waals surface area (Å²) in [5.74, 6) is 1.85. The monoisotopic (exact) mass is 730 g/mol. The van der Waals surface area contributed by atoms with Crippen LogP contribution in [-0.2, 0) is 4.74 Å². The van der Waals surface area contributed by atoms with Crippen LogP contribution in [0.1, 0.15) is 34.1 Å². The van der Waals surface area contributed by atoms with E-state index >= 15 is 0 Å². The number of benzene rings is 2. The molecule has 0 saturated heterocycles. The Morgan fingerprint density at radius 1 is 0.863 bits per heavy atom. The van der Waals surface area contributed by atoms with E-state index in [1.165, 1.54) is 23.5 Å². The normalized spacial score (nSPS) is 10.8. The molecule has 0 bridgehead atoms. The van der Waals surface area contributed by atoms with E-state index in [0.29, 0.717) is 49.9 Å². The van der Waals surface area contributed by atoms with Gasteiger partial charge in [0.25, 0.3) is 5.56 Å². The lowest BCUT2D eigenvalue weighted by atomic mass is 10.1. The van der Waals surface area contributed by atoms with Crippen molar-refractivity contribution in [1.29, 1.82) is 0 Å². The van der Waals surface area contributed by atoms with E-state index in [-0.39, 0.29) is 12.2 Å². The van der Waals surface area contributed by atoms with Crippen LogP contribution in [0, 0.1) is 13.8 Å². The largest absolute Gasteiger partial charge is 0.497 e. The number of aromatic amines is 1. The highest BCUT2D eigenvalue weighted by atomic mass is 32.2. The van der Waals surface area contributed by atoms with Gasteiger partial charge in [-0.2, -0.15) is 0 Å². The fourth-order valence-electron chi connectivity index (χ4n) is 4.78. The van der Waals surface area contributed by atoms with Crippen molar-refractivity contribution in [2.24, 2.45) is 0 Å². The first-order valence-electron chi connectivity index (χ1n) is 15.7. The van der Waals surface area contributed by atoms with Crippen molar-refractivity contribution in [2.45, 2.75) is 31.1 Å². The molecule has 0 aliphatic heterocycles. The summed E-state index contributed by atoms with van der Waals surface area (Å²) in [6.07, 6.45) is 8.97. The minimum atomic E-state index is -0.476. The van der Waals surface area contributed by atoms with Crippen LogP contribution in [0.25, 0.3) is 17.0 Å². The number of rotatable bonds is 12. The lowest BCUT2D eigenvalue weighted by Gasteiger charge is -2.15. The zero-order chi connectivity index (χ0) is 37.1. The number of thioether (sulfide) groups is 2. The molecule has 5 rings (SSSR count). The maximum atomic E-state index is 12.7. The van der Waals surface area contributed by atoms with Crippen molar-refractivity contribution in [3.8, 4) is 11.5 Å². The molecule has 0 fully saturated rings. The van der Waals surface area contributed by atoms with Crippen molar-refractivity contribution in [3.05, 3.63) is 87.6 Å². The van der Waals surface area contributed by atoms with E-state index in [1.807, 2.05) is 88.0 Å². The number of pyridine rings is 1. The third-order valence-corrected chi connectivity index (χ3v) is 8.08. The Kier molecular flexibility index (Phi) is 13.7. The molecule has 5 aromatic rings. The Morgan fingerprint density at radius 3 is 1.98 bits per heavy atom. The number of carbonyl (C=O) groups is 1. The van der Waals surface area contributed by atoms with Gasteiger partial charge >= 0.3 is 5.97 Å². The molecule has 0 radical (unpaired) electrons. The summed E-state index contributed by atoms with van der Waals surface area (Å²) in [5.41, 5.74) is 4.79. The second-order valence-electron chi connectivity index (χ2n) is 11.2. The molecule has 0 aliphatic rings. The Morgan fingerprint density at radius 2 is 1.43 bits per heavy atom. The third-order valence-electron chi connectivity index (χ3n) is 6.99. The molecule has 0 spiro atoms. The molecular formula is C36H42N8O5S2. The van der Waals surface area contributed by atoms with E-state index in [0.717, 1.165) is 28.3 Å². The standard InChI is InChI=1S/C20H26N4O3S.C16H16N4O2S/c1-7-27-19(25)17-16(8-9-24(3)4)22-20(28-6)23-18(17)21-14-10-13(2)11-15(12-14)26-5;1-9-6-10(8-11(7-9)22-2)18-14-13-12(4-5-17-15(13)21)19-16(20-14)23-3/h8-12H,7H2,1-6H3,(H,21,22,23);4-8H,1-3H3,(H,17,21)(H,18,19,20)/b9-8+;. The zero-order valence-electron chi connectivity index (χ0n) is 30.1. The van der Waals surface area contributed by atoms with Crippen LogP contribution in [0.4, 0.5) is 23.0 Å². The number of anilines is 4. The van der Waals surface area contributed by atoms with Crippen LogP contribution in [0.15, 0.2) is 70.0 Å². The van der Waals surface area contributed by atoms with Crippen molar-refractivity contribution in [3.63, 3.8) is 0 Å². The zero-order valence-corrected chi connectivity index (χ0v) is 31.7. The summed E-state index contributed by atoms with van der Waals surface area (Å²) in [7, 11) is 7.03. The van der Waals surface area contributed by atoms with Gasteiger partial charge in [0, 0.05) is 50.0 Å². The van der Waals surface area contributed by atoms with Crippen LogP contribution in [0.2, 0.25) is 0 Å². The number of aromatic nitrogens is 5. The minimum Gasteiger partial charge on any atom is -0.497 e. The van der Waals surface area contributed by atoms with Gasteiger partial charge in [0.05, 0.1) is 32.0 Å². The summed E-state index contributed by atoms with van der Waals surface area (Å²) in [5, 5.41) is 8.04. The van der Waals surface area contributed by atoms with Gasteiger partial charge in [-0.3, -0.25) is 4.79 Å². The minimum absolute atomic E-state index is 0.225. The summed E-state index contributed by atoms with van der Waals surface area (Å²) in [6.45, 7) is 5.98. The number of nitrogens with zero attached hydrogens (tertiary/aromatic N) is 5. The first-order valence-corrected chi connectivity index (χ1v) is 18.2. The average molecular weight is 731 g/mol. The Labute approximate surface area is 305 Å². The fourth-order valence-corrected chi connectivity index (χ4v) is 5.53. The maximum absolute atomic E-state index is 12.7.